The summed E-state index contributed by atoms with van der Waals surface area (Å²) < 4.78 is 0. The molecule has 0 saturated heterocycles. The van der Waals surface area contributed by atoms with Crippen molar-refractivity contribution in [2.45, 2.75) is 148 Å². The Balaban J connectivity index is 3.41. The molecule has 0 rings (SSSR count). The number of hydrogen-bond donors (Lipinski definition) is 1. The summed E-state index contributed by atoms with van der Waals surface area (Å²) >= 11 is 0. The van der Waals surface area contributed by atoms with Gasteiger partial charge in [0.15, 0.2) is 0 Å². The van der Waals surface area contributed by atoms with Crippen molar-refractivity contribution < 1.29 is 4.79 Å². The van der Waals surface area contributed by atoms with Gasteiger partial charge in [-0.25, -0.2) is 0 Å². The molecule has 1 amide bonds. The normalized spacial score (nSPS) is 13.6. The van der Waals surface area contributed by atoms with Crippen molar-refractivity contribution in [3.63, 3.8) is 0 Å². The highest BCUT2D eigenvalue weighted by Gasteiger charge is 2.26. The van der Waals surface area contributed by atoms with Crippen molar-refractivity contribution >= 4 is 5.91 Å². The summed E-state index contributed by atoms with van der Waals surface area (Å²) in [7, 11) is 4.11. The molecule has 0 aromatic heterocycles. The number of unbranched alkanes of at least 4 members (excludes halogenated alkanes) is 17. The van der Waals surface area contributed by atoms with Crippen molar-refractivity contribution in [2.24, 2.45) is 11.7 Å². The SMILES string of the molecule is CCCCCCCCCCCCCCCCCCCCC(C(N)=O)C(CC)N(C)C. The summed E-state index contributed by atoms with van der Waals surface area (Å²) in [4.78, 5) is 14.0. The molecule has 3 heteroatoms. The highest BCUT2D eigenvalue weighted by Crippen LogP contribution is 2.20. The van der Waals surface area contributed by atoms with Crippen LogP contribution in [0.15, 0.2) is 0 Å². The second-order valence-electron chi connectivity index (χ2n) is 9.75. The third-order valence-corrected chi connectivity index (χ3v) is 6.78. The van der Waals surface area contributed by atoms with Gasteiger partial charge in [0.2, 0.25) is 5.91 Å². The Hall–Kier alpha value is -0.570. The fourth-order valence-electron chi connectivity index (χ4n) is 4.80. The standard InChI is InChI=1S/C27H56N2O/c1-5-7-8-9-10-11-12-13-14-15-16-17-18-19-20-21-22-23-24-25(27(28)30)26(6-2)29(3)4/h25-26H,5-24H2,1-4H3,(H2,28,30). The summed E-state index contributed by atoms with van der Waals surface area (Å²) in [6, 6.07) is 0.285. The molecule has 0 aromatic carbocycles. The molecule has 180 valence electrons. The first-order valence-electron chi connectivity index (χ1n) is 13.5. The molecule has 0 spiro atoms. The molecular formula is C27H56N2O. The maximum Gasteiger partial charge on any atom is 0.222 e. The highest BCUT2D eigenvalue weighted by atomic mass is 16.1. The lowest BCUT2D eigenvalue weighted by atomic mass is 9.90. The molecule has 2 atom stereocenters. The van der Waals surface area contributed by atoms with Crippen LogP contribution in [-0.4, -0.2) is 30.9 Å². The average molecular weight is 425 g/mol. The smallest absolute Gasteiger partial charge is 0.222 e. The van der Waals surface area contributed by atoms with Crippen LogP contribution in [0.2, 0.25) is 0 Å². The molecule has 3 nitrogen and oxygen atoms in total. The van der Waals surface area contributed by atoms with Crippen molar-refractivity contribution in [3.8, 4) is 0 Å². The predicted molar refractivity (Wildman–Crippen MR) is 134 cm³/mol. The van der Waals surface area contributed by atoms with Crippen LogP contribution < -0.4 is 5.73 Å². The van der Waals surface area contributed by atoms with E-state index in [1.807, 2.05) is 0 Å². The molecule has 0 aliphatic carbocycles. The summed E-state index contributed by atoms with van der Waals surface area (Å²) in [5, 5.41) is 0. The van der Waals surface area contributed by atoms with Crippen molar-refractivity contribution in [1.29, 1.82) is 0 Å². The summed E-state index contributed by atoms with van der Waals surface area (Å²) in [6.07, 6.45) is 27.0. The third-order valence-electron chi connectivity index (χ3n) is 6.78. The van der Waals surface area contributed by atoms with Crippen LogP contribution in [0.3, 0.4) is 0 Å². The lowest BCUT2D eigenvalue weighted by molar-refractivity contribution is -0.124. The number of nitrogens with zero attached hydrogens (tertiary/aromatic N) is 1. The maximum atomic E-state index is 11.8. The summed E-state index contributed by atoms with van der Waals surface area (Å²) in [5.41, 5.74) is 5.66. The Kier molecular flexibility index (Phi) is 21.2. The molecule has 2 unspecified atom stereocenters. The molecule has 0 bridgehead atoms. The van der Waals surface area contributed by atoms with Gasteiger partial charge in [0.1, 0.15) is 0 Å². The van der Waals surface area contributed by atoms with Crippen LogP contribution in [0.25, 0.3) is 0 Å². The zero-order valence-electron chi connectivity index (χ0n) is 21.2. The van der Waals surface area contributed by atoms with E-state index in [0.717, 1.165) is 19.3 Å². The van der Waals surface area contributed by atoms with Crippen LogP contribution in [0, 0.1) is 5.92 Å². The van der Waals surface area contributed by atoms with Crippen molar-refractivity contribution in [3.05, 3.63) is 0 Å². The van der Waals surface area contributed by atoms with E-state index in [-0.39, 0.29) is 17.9 Å². The lowest BCUT2D eigenvalue weighted by Gasteiger charge is -2.29. The summed E-state index contributed by atoms with van der Waals surface area (Å²) in [6.45, 7) is 4.44. The molecule has 0 heterocycles. The number of hydrogen-bond acceptors (Lipinski definition) is 2. The molecule has 0 aliphatic heterocycles. The number of carbonyl (C=O) groups excluding carboxylic acids is 1. The van der Waals surface area contributed by atoms with Gasteiger partial charge in [0.25, 0.3) is 0 Å². The van der Waals surface area contributed by atoms with Crippen molar-refractivity contribution in [2.75, 3.05) is 14.1 Å². The first-order chi connectivity index (χ1) is 14.5. The minimum atomic E-state index is -0.123. The topological polar surface area (TPSA) is 46.3 Å². The van der Waals surface area contributed by atoms with E-state index < -0.39 is 0 Å². The summed E-state index contributed by atoms with van der Waals surface area (Å²) in [5.74, 6) is -0.117. The molecule has 0 radical (unpaired) electrons. The van der Waals surface area contributed by atoms with E-state index in [1.165, 1.54) is 109 Å². The van der Waals surface area contributed by atoms with Crippen LogP contribution in [0.5, 0.6) is 0 Å². The average Bonchev–Trinajstić information content (AvgIpc) is 2.71. The molecule has 0 fully saturated rings. The van der Waals surface area contributed by atoms with Gasteiger partial charge in [-0.3, -0.25) is 4.79 Å². The quantitative estimate of drug-likeness (QED) is 0.170. The Bertz CT molecular complexity index is 370. The first kappa shape index (κ1) is 29.4. The fourth-order valence-corrected chi connectivity index (χ4v) is 4.80. The fraction of sp³-hybridized carbons (Fsp3) is 0.963. The van der Waals surface area contributed by atoms with Gasteiger partial charge in [0.05, 0.1) is 5.92 Å². The lowest BCUT2D eigenvalue weighted by Crippen LogP contribution is -2.41. The number of nitrogens with two attached hydrogens (primary N) is 1. The largest absolute Gasteiger partial charge is 0.369 e. The number of rotatable bonds is 23. The zero-order chi connectivity index (χ0) is 22.5. The molecule has 2 N–H and O–H groups in total. The Morgan fingerprint density at radius 1 is 0.633 bits per heavy atom. The molecule has 0 aromatic rings. The van der Waals surface area contributed by atoms with Gasteiger partial charge in [-0.1, -0.05) is 129 Å². The Labute approximate surface area is 189 Å². The monoisotopic (exact) mass is 424 g/mol. The molecule has 0 aliphatic rings. The highest BCUT2D eigenvalue weighted by molar-refractivity contribution is 5.77. The van der Waals surface area contributed by atoms with E-state index in [0.29, 0.717) is 0 Å². The number of amides is 1. The van der Waals surface area contributed by atoms with Crippen LogP contribution >= 0.6 is 0 Å². The minimum Gasteiger partial charge on any atom is -0.369 e. The van der Waals surface area contributed by atoms with E-state index in [9.17, 15) is 4.79 Å². The molecule has 30 heavy (non-hydrogen) atoms. The van der Waals surface area contributed by atoms with Crippen LogP contribution in [0.4, 0.5) is 0 Å². The van der Waals surface area contributed by atoms with Gasteiger partial charge in [-0.15, -0.1) is 0 Å². The minimum absolute atomic E-state index is 0.00561. The second-order valence-corrected chi connectivity index (χ2v) is 9.75. The van der Waals surface area contributed by atoms with E-state index in [1.54, 1.807) is 0 Å². The second kappa shape index (κ2) is 21.7. The molecular weight excluding hydrogens is 368 g/mol. The Morgan fingerprint density at radius 3 is 1.23 bits per heavy atom. The van der Waals surface area contributed by atoms with Gasteiger partial charge in [-0.05, 0) is 26.9 Å². The van der Waals surface area contributed by atoms with Gasteiger partial charge < -0.3 is 10.6 Å². The van der Waals surface area contributed by atoms with E-state index in [2.05, 4.69) is 32.8 Å². The predicted octanol–water partition coefficient (Wildman–Crippen LogP) is 7.86. The third kappa shape index (κ3) is 17.1. The number of carbonyl (C=O) groups is 1. The van der Waals surface area contributed by atoms with Gasteiger partial charge in [0, 0.05) is 6.04 Å². The zero-order valence-corrected chi connectivity index (χ0v) is 21.2. The van der Waals surface area contributed by atoms with Crippen LogP contribution in [-0.2, 0) is 4.79 Å². The number of primary amides is 1. The first-order valence-corrected chi connectivity index (χ1v) is 13.5. The maximum absolute atomic E-state index is 11.8. The molecule has 0 saturated carbocycles. The van der Waals surface area contributed by atoms with E-state index in [4.69, 9.17) is 5.73 Å². The van der Waals surface area contributed by atoms with E-state index >= 15 is 0 Å². The van der Waals surface area contributed by atoms with Crippen molar-refractivity contribution in [1.82, 2.24) is 4.90 Å². The van der Waals surface area contributed by atoms with Gasteiger partial charge >= 0.3 is 0 Å². The van der Waals surface area contributed by atoms with Gasteiger partial charge in [-0.2, -0.15) is 0 Å². The van der Waals surface area contributed by atoms with Crippen LogP contribution in [0.1, 0.15) is 142 Å². The Morgan fingerprint density at radius 2 is 0.967 bits per heavy atom.